The molecular weight excluding hydrogens is 570 g/mol. The zero-order chi connectivity index (χ0) is 33.0. The number of alkyl carbamates (subject to hydrolysis) is 1. The first kappa shape index (κ1) is 34.8. The van der Waals surface area contributed by atoms with Crippen LogP contribution < -0.4 is 16.4 Å². The van der Waals surface area contributed by atoms with Crippen molar-refractivity contribution in [3.63, 3.8) is 0 Å². The van der Waals surface area contributed by atoms with Crippen LogP contribution in [0, 0.1) is 6.92 Å². The van der Waals surface area contributed by atoms with Crippen molar-refractivity contribution in [1.29, 1.82) is 0 Å². The van der Waals surface area contributed by atoms with E-state index in [1.165, 1.54) is 23.6 Å². The summed E-state index contributed by atoms with van der Waals surface area (Å²) >= 11 is 0. The van der Waals surface area contributed by atoms with E-state index in [4.69, 9.17) is 10.5 Å². The molecule has 0 aliphatic carbocycles. The molecule has 1 aromatic carbocycles. The number of nitrogens with two attached hydrogens (primary N) is 1. The summed E-state index contributed by atoms with van der Waals surface area (Å²) in [5.74, 6) is -2.63. The number of carbonyl (C=O) groups is 5. The standard InChI is InChI=1S/C31H47N5O8/c1-18-10-7-11-21(16-18)17-31(28(42)33-23(19(2)37)25(32)39)13-9-15-36(31)26(40)22-12-8-14-35(22)27(41)24(20(3)38)34-29(43)44-30(4,5)6/h7,10-11,16,19-20,22-24,37-38H,8-9,12-15,17H2,1-6H3,(H2,32,39)(H,33,42)(H,34,43)/t19-,20?,22+,23?,24?,31?/m1/s1. The second-order valence-electron chi connectivity index (χ2n) is 12.9. The van der Waals surface area contributed by atoms with E-state index in [0.717, 1.165) is 11.1 Å². The lowest BCUT2D eigenvalue weighted by molar-refractivity contribution is -0.153. The molecule has 13 heteroatoms. The lowest BCUT2D eigenvalue weighted by Gasteiger charge is -2.41. The third-order valence-corrected chi connectivity index (χ3v) is 8.07. The zero-order valence-corrected chi connectivity index (χ0v) is 26.5. The second kappa shape index (κ2) is 13.9. The molecule has 244 valence electrons. The van der Waals surface area contributed by atoms with Gasteiger partial charge in [0.15, 0.2) is 0 Å². The van der Waals surface area contributed by atoms with Gasteiger partial charge < -0.3 is 41.1 Å². The van der Waals surface area contributed by atoms with Crippen molar-refractivity contribution in [2.45, 2.75) is 115 Å². The first-order valence-corrected chi connectivity index (χ1v) is 15.1. The number of hydrogen-bond acceptors (Lipinski definition) is 8. The molecule has 2 aliphatic rings. The number of likely N-dealkylation sites (tertiary alicyclic amines) is 2. The second-order valence-corrected chi connectivity index (χ2v) is 12.9. The van der Waals surface area contributed by atoms with Crippen LogP contribution in [0.15, 0.2) is 24.3 Å². The fourth-order valence-electron chi connectivity index (χ4n) is 6.03. The smallest absolute Gasteiger partial charge is 0.408 e. The molecule has 0 spiro atoms. The summed E-state index contributed by atoms with van der Waals surface area (Å²) < 4.78 is 5.27. The number of hydrogen-bond donors (Lipinski definition) is 5. The molecule has 0 aromatic heterocycles. The quantitative estimate of drug-likeness (QED) is 0.251. The lowest BCUT2D eigenvalue weighted by Crippen LogP contribution is -2.65. The number of primary amides is 1. The van der Waals surface area contributed by atoms with Crippen LogP contribution in [0.1, 0.15) is 71.4 Å². The molecule has 3 rings (SSSR count). The number of rotatable bonds is 10. The first-order chi connectivity index (χ1) is 20.5. The number of amides is 5. The van der Waals surface area contributed by atoms with Crippen LogP contribution in [0.4, 0.5) is 4.79 Å². The van der Waals surface area contributed by atoms with Crippen molar-refractivity contribution in [2.75, 3.05) is 13.1 Å². The maximum atomic E-state index is 14.3. The highest BCUT2D eigenvalue weighted by Crippen LogP contribution is 2.36. The van der Waals surface area contributed by atoms with Crippen molar-refractivity contribution in [3.8, 4) is 0 Å². The summed E-state index contributed by atoms with van der Waals surface area (Å²) in [5, 5.41) is 25.6. The molecular formula is C31H47N5O8. The Morgan fingerprint density at radius 3 is 2.27 bits per heavy atom. The molecule has 1 aromatic rings. The summed E-state index contributed by atoms with van der Waals surface area (Å²) in [6, 6.07) is 3.85. The fraction of sp³-hybridized carbons (Fsp3) is 0.645. The van der Waals surface area contributed by atoms with E-state index in [2.05, 4.69) is 10.6 Å². The van der Waals surface area contributed by atoms with E-state index in [0.29, 0.717) is 19.3 Å². The molecule has 0 bridgehead atoms. The maximum Gasteiger partial charge on any atom is 0.408 e. The number of nitrogens with zero attached hydrogens (tertiary/aromatic N) is 2. The number of ether oxygens (including phenoxy) is 1. The van der Waals surface area contributed by atoms with Gasteiger partial charge in [-0.3, -0.25) is 19.2 Å². The Balaban J connectivity index is 1.95. The van der Waals surface area contributed by atoms with Crippen LogP contribution in [0.2, 0.25) is 0 Å². The number of nitrogens with one attached hydrogen (secondary N) is 2. The van der Waals surface area contributed by atoms with Gasteiger partial charge in [-0.15, -0.1) is 0 Å². The Hall–Kier alpha value is -3.71. The zero-order valence-electron chi connectivity index (χ0n) is 26.5. The maximum absolute atomic E-state index is 14.3. The van der Waals surface area contributed by atoms with Crippen molar-refractivity contribution < 1.29 is 38.9 Å². The molecule has 5 amide bonds. The van der Waals surface area contributed by atoms with Crippen molar-refractivity contribution in [2.24, 2.45) is 5.73 Å². The molecule has 44 heavy (non-hydrogen) atoms. The highest BCUT2D eigenvalue weighted by molar-refractivity contribution is 5.98. The van der Waals surface area contributed by atoms with Crippen LogP contribution in [0.5, 0.6) is 0 Å². The predicted molar refractivity (Wildman–Crippen MR) is 161 cm³/mol. The van der Waals surface area contributed by atoms with Crippen molar-refractivity contribution in [3.05, 3.63) is 35.4 Å². The summed E-state index contributed by atoms with van der Waals surface area (Å²) in [5.41, 5.74) is 4.96. The van der Waals surface area contributed by atoms with Gasteiger partial charge in [-0.05, 0) is 72.8 Å². The monoisotopic (exact) mass is 617 g/mol. The first-order valence-electron chi connectivity index (χ1n) is 15.1. The Bertz CT molecular complexity index is 1250. The van der Waals surface area contributed by atoms with Gasteiger partial charge in [-0.2, -0.15) is 0 Å². The van der Waals surface area contributed by atoms with Crippen molar-refractivity contribution in [1.82, 2.24) is 20.4 Å². The van der Waals surface area contributed by atoms with Gasteiger partial charge >= 0.3 is 6.09 Å². The average Bonchev–Trinajstić information content (AvgIpc) is 3.56. The molecule has 2 fully saturated rings. The molecule has 6 atom stereocenters. The van der Waals surface area contributed by atoms with Gasteiger partial charge in [0.25, 0.3) is 0 Å². The summed E-state index contributed by atoms with van der Waals surface area (Å²) in [4.78, 5) is 69.5. The fourth-order valence-corrected chi connectivity index (χ4v) is 6.03. The minimum Gasteiger partial charge on any atom is -0.444 e. The Morgan fingerprint density at radius 2 is 1.70 bits per heavy atom. The third kappa shape index (κ3) is 8.06. The largest absolute Gasteiger partial charge is 0.444 e. The van der Waals surface area contributed by atoms with Gasteiger partial charge in [-0.1, -0.05) is 29.8 Å². The van der Waals surface area contributed by atoms with E-state index in [9.17, 15) is 34.2 Å². The van der Waals surface area contributed by atoms with E-state index >= 15 is 0 Å². The third-order valence-electron chi connectivity index (χ3n) is 8.07. The van der Waals surface area contributed by atoms with Gasteiger partial charge in [-0.25, -0.2) is 4.79 Å². The highest BCUT2D eigenvalue weighted by Gasteiger charge is 2.53. The van der Waals surface area contributed by atoms with Gasteiger partial charge in [0.2, 0.25) is 23.6 Å². The highest BCUT2D eigenvalue weighted by atomic mass is 16.6. The van der Waals surface area contributed by atoms with Crippen LogP contribution in [0.25, 0.3) is 0 Å². The van der Waals surface area contributed by atoms with Crippen molar-refractivity contribution >= 4 is 29.7 Å². The molecule has 2 heterocycles. The Kier molecular flexibility index (Phi) is 11.0. The predicted octanol–water partition coefficient (Wildman–Crippen LogP) is 0.515. The van der Waals surface area contributed by atoms with Gasteiger partial charge in [0.1, 0.15) is 29.3 Å². The summed E-state index contributed by atoms with van der Waals surface area (Å²) in [7, 11) is 0. The molecule has 6 N–H and O–H groups in total. The molecule has 13 nitrogen and oxygen atoms in total. The van der Waals surface area contributed by atoms with E-state index in [1.807, 2.05) is 31.2 Å². The number of benzene rings is 1. The number of aryl methyl sites for hydroxylation is 1. The normalized spacial score (nSPS) is 23.0. The van der Waals surface area contributed by atoms with E-state index < -0.39 is 71.2 Å². The van der Waals surface area contributed by atoms with E-state index in [-0.39, 0.29) is 25.9 Å². The molecule has 0 saturated carbocycles. The molecule has 2 aliphatic heterocycles. The average molecular weight is 618 g/mol. The SMILES string of the molecule is Cc1cccc(CC2(C(=O)NC(C(N)=O)[C@@H](C)O)CCCN2C(=O)[C@@H]2CCCN2C(=O)C(NC(=O)OC(C)(C)C)C(C)O)c1. The van der Waals surface area contributed by atoms with Gasteiger partial charge in [0, 0.05) is 19.5 Å². The van der Waals surface area contributed by atoms with Crippen LogP contribution in [0.3, 0.4) is 0 Å². The van der Waals surface area contributed by atoms with Crippen LogP contribution in [-0.4, -0.2) is 104 Å². The summed E-state index contributed by atoms with van der Waals surface area (Å²) in [6.07, 6.45) is -1.72. The molecule has 0 radical (unpaired) electrons. The minimum atomic E-state index is -1.43. The summed E-state index contributed by atoms with van der Waals surface area (Å²) in [6.45, 7) is 10.1. The van der Waals surface area contributed by atoms with Gasteiger partial charge in [0.05, 0.1) is 12.2 Å². The topological polar surface area (TPSA) is 192 Å². The number of aliphatic hydroxyl groups is 2. The Labute approximate surface area is 258 Å². The number of carbonyl (C=O) groups excluding carboxylic acids is 5. The molecule has 4 unspecified atom stereocenters. The minimum absolute atomic E-state index is 0.134. The van der Waals surface area contributed by atoms with Crippen LogP contribution >= 0.6 is 0 Å². The lowest BCUT2D eigenvalue weighted by atomic mass is 9.85. The Morgan fingerprint density at radius 1 is 1.05 bits per heavy atom. The van der Waals surface area contributed by atoms with Crippen LogP contribution in [-0.2, 0) is 30.3 Å². The van der Waals surface area contributed by atoms with E-state index in [1.54, 1.807) is 20.8 Å². The number of aliphatic hydroxyl groups excluding tert-OH is 2. The molecule has 2 saturated heterocycles.